The molecule has 1 heterocycles. The standard InChI is InChI=1S/C14H25S/c1-12(2,3)15-10-13(4,5)8-9-14(6,7)11-15/h10-11H2,1-7H3/q+1. The van der Waals surface area contributed by atoms with Gasteiger partial charge in [-0.2, -0.15) is 0 Å². The highest BCUT2D eigenvalue weighted by atomic mass is 32.2. The van der Waals surface area contributed by atoms with Crippen molar-refractivity contribution in [1.82, 2.24) is 0 Å². The van der Waals surface area contributed by atoms with Crippen LogP contribution in [0.15, 0.2) is 0 Å². The Morgan fingerprint density at radius 3 is 1.47 bits per heavy atom. The third kappa shape index (κ3) is 3.76. The van der Waals surface area contributed by atoms with E-state index < -0.39 is 0 Å². The van der Waals surface area contributed by atoms with Crippen molar-refractivity contribution in [2.24, 2.45) is 10.8 Å². The van der Waals surface area contributed by atoms with E-state index in [1.54, 1.807) is 0 Å². The molecule has 0 nitrogen and oxygen atoms in total. The van der Waals surface area contributed by atoms with Gasteiger partial charge in [-0.25, -0.2) is 0 Å². The van der Waals surface area contributed by atoms with Crippen LogP contribution in [-0.2, 0) is 10.9 Å². The molecule has 0 spiro atoms. The van der Waals surface area contributed by atoms with Gasteiger partial charge in [-0.3, -0.25) is 0 Å². The second-order valence-electron chi connectivity index (χ2n) is 6.91. The molecule has 86 valence electrons. The molecular formula is C14H25S+. The second kappa shape index (κ2) is 3.74. The molecule has 0 N–H and O–H groups in total. The molecule has 0 radical (unpaired) electrons. The van der Waals surface area contributed by atoms with Gasteiger partial charge in [0.05, 0.1) is 10.8 Å². The Balaban J connectivity index is 2.99. The maximum Gasteiger partial charge on any atom is 0.124 e. The van der Waals surface area contributed by atoms with Crippen LogP contribution in [0.5, 0.6) is 0 Å². The fraction of sp³-hybridized carbons (Fsp3) is 0.857. The zero-order chi connectivity index (χ0) is 11.9. The second-order valence-corrected chi connectivity index (χ2v) is 9.70. The van der Waals surface area contributed by atoms with Crippen LogP contribution < -0.4 is 0 Å². The van der Waals surface area contributed by atoms with Crippen LogP contribution in [-0.4, -0.2) is 16.3 Å². The van der Waals surface area contributed by atoms with E-state index in [9.17, 15) is 0 Å². The predicted molar refractivity (Wildman–Crippen MR) is 72.2 cm³/mol. The topological polar surface area (TPSA) is 0 Å². The molecule has 0 aromatic carbocycles. The molecule has 1 heteroatoms. The minimum atomic E-state index is 0.199. The number of rotatable bonds is 0. The lowest BCUT2D eigenvalue weighted by Gasteiger charge is -2.28. The molecule has 0 unspecified atom stereocenters. The van der Waals surface area contributed by atoms with E-state index in [1.165, 1.54) is 11.5 Å². The normalized spacial score (nSPS) is 25.3. The van der Waals surface area contributed by atoms with E-state index in [4.69, 9.17) is 0 Å². The molecule has 1 rings (SSSR count). The van der Waals surface area contributed by atoms with Crippen LogP contribution in [0, 0.1) is 22.7 Å². The Bertz CT molecular complexity index is 272. The molecule has 0 saturated carbocycles. The van der Waals surface area contributed by atoms with Crippen molar-refractivity contribution in [2.45, 2.75) is 53.2 Å². The SMILES string of the molecule is CC1(C)C#CC(C)(C)C[S+](C(C)(C)C)C1. The summed E-state index contributed by atoms with van der Waals surface area (Å²) in [5.74, 6) is 9.45. The van der Waals surface area contributed by atoms with Gasteiger partial charge in [-0.15, -0.1) is 0 Å². The average Bonchev–Trinajstić information content (AvgIpc) is 2.07. The van der Waals surface area contributed by atoms with Gasteiger partial charge >= 0.3 is 0 Å². The average molecular weight is 225 g/mol. The van der Waals surface area contributed by atoms with Gasteiger partial charge in [-0.1, -0.05) is 11.8 Å². The predicted octanol–water partition coefficient (Wildman–Crippen LogP) is 3.47. The quantitative estimate of drug-likeness (QED) is 0.437. The summed E-state index contributed by atoms with van der Waals surface area (Å²) in [6.07, 6.45) is 0. The Kier molecular flexibility index (Phi) is 3.23. The van der Waals surface area contributed by atoms with Crippen LogP contribution in [0.2, 0.25) is 0 Å². The van der Waals surface area contributed by atoms with Crippen LogP contribution >= 0.6 is 0 Å². The monoisotopic (exact) mass is 225 g/mol. The van der Waals surface area contributed by atoms with Crippen molar-refractivity contribution in [3.63, 3.8) is 0 Å². The molecule has 0 saturated heterocycles. The molecule has 0 aromatic rings. The van der Waals surface area contributed by atoms with Crippen molar-refractivity contribution >= 4 is 10.9 Å². The van der Waals surface area contributed by atoms with Crippen LogP contribution in [0.3, 0.4) is 0 Å². The molecule has 0 fully saturated rings. The number of hydrogen-bond donors (Lipinski definition) is 0. The molecule has 0 aliphatic carbocycles. The Hall–Kier alpha value is -0.0900. The van der Waals surface area contributed by atoms with Crippen molar-refractivity contribution in [3.05, 3.63) is 0 Å². The highest BCUT2D eigenvalue weighted by molar-refractivity contribution is 7.98. The van der Waals surface area contributed by atoms with E-state index in [0.29, 0.717) is 15.6 Å². The molecular weight excluding hydrogens is 200 g/mol. The summed E-state index contributed by atoms with van der Waals surface area (Å²) in [6, 6.07) is 0. The molecule has 0 atom stereocenters. The lowest BCUT2D eigenvalue weighted by Crippen LogP contribution is -2.40. The van der Waals surface area contributed by atoms with Crippen molar-refractivity contribution in [2.75, 3.05) is 11.5 Å². The lowest BCUT2D eigenvalue weighted by molar-refractivity contribution is 0.574. The van der Waals surface area contributed by atoms with Crippen LogP contribution in [0.25, 0.3) is 0 Å². The van der Waals surface area contributed by atoms with E-state index in [-0.39, 0.29) is 10.8 Å². The minimum Gasteiger partial charge on any atom is -0.0914 e. The summed E-state index contributed by atoms with van der Waals surface area (Å²) >= 11 is 0. The largest absolute Gasteiger partial charge is 0.124 e. The highest BCUT2D eigenvalue weighted by Gasteiger charge is 2.43. The van der Waals surface area contributed by atoms with Gasteiger partial charge in [0.1, 0.15) is 16.3 Å². The molecule has 0 aromatic heterocycles. The third-order valence-electron chi connectivity index (χ3n) is 2.68. The highest BCUT2D eigenvalue weighted by Crippen LogP contribution is 2.34. The number of hydrogen-bond acceptors (Lipinski definition) is 0. The van der Waals surface area contributed by atoms with E-state index in [2.05, 4.69) is 60.3 Å². The smallest absolute Gasteiger partial charge is 0.0914 e. The van der Waals surface area contributed by atoms with Gasteiger partial charge in [0.2, 0.25) is 0 Å². The fourth-order valence-electron chi connectivity index (χ4n) is 1.77. The molecule has 1 aliphatic rings. The van der Waals surface area contributed by atoms with Gasteiger partial charge in [0, 0.05) is 0 Å². The maximum atomic E-state index is 3.47. The first-order valence-corrected chi connectivity index (χ1v) is 7.30. The Morgan fingerprint density at radius 2 is 1.20 bits per heavy atom. The maximum absolute atomic E-state index is 3.47. The van der Waals surface area contributed by atoms with Gasteiger partial charge in [0.25, 0.3) is 0 Å². The summed E-state index contributed by atoms with van der Waals surface area (Å²) in [7, 11) is 0.457. The zero-order valence-corrected chi connectivity index (χ0v) is 12.1. The lowest BCUT2D eigenvalue weighted by atomic mass is 9.92. The van der Waals surface area contributed by atoms with Gasteiger partial charge in [-0.05, 0) is 59.4 Å². The zero-order valence-electron chi connectivity index (χ0n) is 11.3. The van der Waals surface area contributed by atoms with Crippen molar-refractivity contribution in [3.8, 4) is 11.8 Å². The van der Waals surface area contributed by atoms with Crippen molar-refractivity contribution in [1.29, 1.82) is 0 Å². The minimum absolute atomic E-state index is 0.199. The molecule has 1 aliphatic heterocycles. The summed E-state index contributed by atoms with van der Waals surface area (Å²) in [4.78, 5) is 0. The summed E-state index contributed by atoms with van der Waals surface area (Å²) < 4.78 is 0.419. The van der Waals surface area contributed by atoms with Gasteiger partial charge in [0.15, 0.2) is 0 Å². The molecule has 0 bridgehead atoms. The summed E-state index contributed by atoms with van der Waals surface area (Å²) in [5.41, 5.74) is 0.397. The molecule has 15 heavy (non-hydrogen) atoms. The van der Waals surface area contributed by atoms with Crippen molar-refractivity contribution < 1.29 is 0 Å². The van der Waals surface area contributed by atoms with Gasteiger partial charge < -0.3 is 0 Å². The Morgan fingerprint density at radius 1 is 0.867 bits per heavy atom. The van der Waals surface area contributed by atoms with E-state index in [1.807, 2.05) is 0 Å². The van der Waals surface area contributed by atoms with Crippen LogP contribution in [0.4, 0.5) is 0 Å². The first-order valence-electron chi connectivity index (χ1n) is 5.74. The molecule has 0 amide bonds. The van der Waals surface area contributed by atoms with Crippen LogP contribution in [0.1, 0.15) is 48.5 Å². The Labute approximate surface area is 98.6 Å². The fourth-order valence-corrected chi connectivity index (χ4v) is 4.62. The summed E-state index contributed by atoms with van der Waals surface area (Å²) in [6.45, 7) is 16.2. The first-order chi connectivity index (χ1) is 6.52. The van der Waals surface area contributed by atoms with E-state index >= 15 is 0 Å². The first kappa shape index (κ1) is 13.0. The van der Waals surface area contributed by atoms with E-state index in [0.717, 1.165) is 0 Å². The summed E-state index contributed by atoms with van der Waals surface area (Å²) in [5, 5.41) is 0. The third-order valence-corrected chi connectivity index (χ3v) is 6.55.